The zero-order chi connectivity index (χ0) is 37.5. The third kappa shape index (κ3) is 4.86. The van der Waals surface area contributed by atoms with Crippen LogP contribution in [0.3, 0.4) is 0 Å². The third-order valence-corrected chi connectivity index (χ3v) is 11.9. The Morgan fingerprint density at radius 3 is 1.05 bits per heavy atom. The molecule has 3 nitrogen and oxygen atoms in total. The normalized spacial score (nSPS) is 11.9. The Hall–Kier alpha value is -7.62. The second-order valence-electron chi connectivity index (χ2n) is 15.0. The van der Waals surface area contributed by atoms with E-state index in [-0.39, 0.29) is 0 Å². The molecule has 0 spiro atoms. The van der Waals surface area contributed by atoms with Crippen LogP contribution in [0.1, 0.15) is 0 Å². The highest BCUT2D eigenvalue weighted by Crippen LogP contribution is 2.39. The molecule has 0 amide bonds. The van der Waals surface area contributed by atoms with Gasteiger partial charge in [0.25, 0.3) is 0 Å². The van der Waals surface area contributed by atoms with Crippen LogP contribution in [0.2, 0.25) is 0 Å². The summed E-state index contributed by atoms with van der Waals surface area (Å²) in [7, 11) is 0. The van der Waals surface area contributed by atoms with Gasteiger partial charge in [-0.2, -0.15) is 0 Å². The first-order chi connectivity index (χ1) is 28.3. The van der Waals surface area contributed by atoms with Crippen LogP contribution in [0, 0.1) is 0 Å². The Kier molecular flexibility index (Phi) is 6.93. The molecule has 0 bridgehead atoms. The van der Waals surface area contributed by atoms with E-state index in [1.165, 1.54) is 87.7 Å². The van der Waals surface area contributed by atoms with Crippen molar-refractivity contribution < 1.29 is 0 Å². The first kappa shape index (κ1) is 31.7. The van der Waals surface area contributed by atoms with E-state index in [9.17, 15) is 0 Å². The summed E-state index contributed by atoms with van der Waals surface area (Å²) in [6.45, 7) is 0. The summed E-state index contributed by atoms with van der Waals surface area (Å²) in [5, 5.41) is 7.55. The van der Waals surface area contributed by atoms with Crippen molar-refractivity contribution in [1.82, 2.24) is 13.7 Å². The topological polar surface area (TPSA) is 14.8 Å². The van der Waals surface area contributed by atoms with Gasteiger partial charge in [-0.05, 0) is 95.1 Å². The van der Waals surface area contributed by atoms with E-state index in [0.717, 1.165) is 17.1 Å². The number of aromatic nitrogens is 3. The van der Waals surface area contributed by atoms with Crippen molar-refractivity contribution in [3.63, 3.8) is 0 Å². The van der Waals surface area contributed by atoms with E-state index in [2.05, 4.69) is 226 Å². The molecule has 0 aliphatic carbocycles. The molecule has 0 unspecified atom stereocenters. The summed E-state index contributed by atoms with van der Waals surface area (Å²) in [6, 6.07) is 77.4. The van der Waals surface area contributed by atoms with Crippen LogP contribution in [0.15, 0.2) is 212 Å². The van der Waals surface area contributed by atoms with E-state index in [4.69, 9.17) is 0 Å². The van der Waals surface area contributed by atoms with Crippen LogP contribution in [0.5, 0.6) is 0 Å². The van der Waals surface area contributed by atoms with E-state index in [1.807, 2.05) is 0 Å². The van der Waals surface area contributed by atoms with E-state index >= 15 is 0 Å². The van der Waals surface area contributed by atoms with Gasteiger partial charge >= 0.3 is 0 Å². The average Bonchev–Trinajstić information content (AvgIpc) is 3.92. The predicted molar refractivity (Wildman–Crippen MR) is 240 cm³/mol. The monoisotopic (exact) mass is 725 g/mol. The molecule has 0 saturated heterocycles. The molecule has 12 aromatic rings. The lowest BCUT2D eigenvalue weighted by atomic mass is 10.0. The maximum Gasteiger partial charge on any atom is 0.0561 e. The molecule has 0 atom stereocenters. The first-order valence-electron chi connectivity index (χ1n) is 19.6. The Balaban J connectivity index is 0.996. The standard InChI is InChI=1S/C54H35N3/c1-2-12-36(13-3-1)39-26-33-53-48(34-39)47-32-31-42(57-51-20-10-6-16-45(51)46-17-7-11-21-52(46)57)35-54(47)56(53)41-29-24-38(25-30-41)37-22-27-40(28-23-37)55-49-18-8-4-14-43(49)44-15-5-9-19-50(44)55/h1-35H. The molecule has 3 heterocycles. The number of benzene rings is 9. The maximum atomic E-state index is 2.44. The highest BCUT2D eigenvalue weighted by atomic mass is 15.0. The van der Waals surface area contributed by atoms with Crippen LogP contribution >= 0.6 is 0 Å². The van der Waals surface area contributed by atoms with Gasteiger partial charge in [0.15, 0.2) is 0 Å². The summed E-state index contributed by atoms with van der Waals surface area (Å²) >= 11 is 0. The highest BCUT2D eigenvalue weighted by molar-refractivity contribution is 6.13. The fourth-order valence-corrected chi connectivity index (χ4v) is 9.24. The summed E-state index contributed by atoms with van der Waals surface area (Å²) < 4.78 is 7.22. The van der Waals surface area contributed by atoms with Gasteiger partial charge in [0.05, 0.1) is 33.1 Å². The zero-order valence-corrected chi connectivity index (χ0v) is 31.0. The van der Waals surface area contributed by atoms with Gasteiger partial charge in [-0.3, -0.25) is 0 Å². The van der Waals surface area contributed by atoms with Gasteiger partial charge in [-0.25, -0.2) is 0 Å². The zero-order valence-electron chi connectivity index (χ0n) is 31.0. The molecular weight excluding hydrogens is 691 g/mol. The molecule has 266 valence electrons. The van der Waals surface area contributed by atoms with Crippen LogP contribution in [-0.4, -0.2) is 13.7 Å². The quantitative estimate of drug-likeness (QED) is 0.168. The van der Waals surface area contributed by atoms with Gasteiger partial charge in [0.2, 0.25) is 0 Å². The molecule has 12 rings (SSSR count). The summed E-state index contributed by atoms with van der Waals surface area (Å²) in [4.78, 5) is 0. The number of fused-ring (bicyclic) bond motifs is 9. The molecule has 3 aromatic heterocycles. The van der Waals surface area contributed by atoms with Crippen LogP contribution < -0.4 is 0 Å². The number of para-hydroxylation sites is 4. The molecule has 0 aliphatic heterocycles. The van der Waals surface area contributed by atoms with E-state index in [1.54, 1.807) is 0 Å². The van der Waals surface area contributed by atoms with Crippen molar-refractivity contribution in [2.24, 2.45) is 0 Å². The lowest BCUT2D eigenvalue weighted by molar-refractivity contribution is 1.15. The number of nitrogens with zero attached hydrogens (tertiary/aromatic N) is 3. The summed E-state index contributed by atoms with van der Waals surface area (Å²) in [5.41, 5.74) is 15.5. The highest BCUT2D eigenvalue weighted by Gasteiger charge is 2.18. The SMILES string of the molecule is c1ccc(-c2ccc3c(c2)c2ccc(-n4c5ccccc5c5ccccc54)cc2n3-c2ccc(-c3ccc(-n4c5ccccc5c5ccccc54)cc3)cc2)cc1. The van der Waals surface area contributed by atoms with Gasteiger partial charge in [0.1, 0.15) is 0 Å². The molecule has 0 fully saturated rings. The molecule has 0 saturated carbocycles. The van der Waals surface area contributed by atoms with Gasteiger partial charge in [0, 0.05) is 49.4 Å². The van der Waals surface area contributed by atoms with Crippen LogP contribution in [0.4, 0.5) is 0 Å². The fraction of sp³-hybridized carbons (Fsp3) is 0. The average molecular weight is 726 g/mol. The minimum atomic E-state index is 1.13. The second kappa shape index (κ2) is 12.5. The van der Waals surface area contributed by atoms with Gasteiger partial charge in [-0.1, -0.05) is 140 Å². The summed E-state index contributed by atoms with van der Waals surface area (Å²) in [6.07, 6.45) is 0. The molecule has 0 N–H and O–H groups in total. The number of hydrogen-bond acceptors (Lipinski definition) is 0. The van der Waals surface area contributed by atoms with E-state index < -0.39 is 0 Å². The maximum absolute atomic E-state index is 2.44. The molecule has 0 radical (unpaired) electrons. The number of hydrogen-bond donors (Lipinski definition) is 0. The molecule has 9 aromatic carbocycles. The van der Waals surface area contributed by atoms with Crippen LogP contribution in [-0.2, 0) is 0 Å². The smallest absolute Gasteiger partial charge is 0.0561 e. The largest absolute Gasteiger partial charge is 0.309 e. The minimum Gasteiger partial charge on any atom is -0.309 e. The lowest BCUT2D eigenvalue weighted by Gasteiger charge is -2.12. The molecular formula is C54H35N3. The van der Waals surface area contributed by atoms with Crippen molar-refractivity contribution in [1.29, 1.82) is 0 Å². The van der Waals surface area contributed by atoms with Gasteiger partial charge in [-0.15, -0.1) is 0 Å². The molecule has 3 heteroatoms. The Morgan fingerprint density at radius 2 is 0.544 bits per heavy atom. The Morgan fingerprint density at radius 1 is 0.193 bits per heavy atom. The van der Waals surface area contributed by atoms with Crippen LogP contribution in [0.25, 0.3) is 105 Å². The van der Waals surface area contributed by atoms with Crippen molar-refractivity contribution in [2.45, 2.75) is 0 Å². The Bertz CT molecular complexity index is 3380. The van der Waals surface area contributed by atoms with Crippen molar-refractivity contribution in [2.75, 3.05) is 0 Å². The molecule has 57 heavy (non-hydrogen) atoms. The van der Waals surface area contributed by atoms with Crippen molar-refractivity contribution in [3.8, 4) is 39.3 Å². The fourth-order valence-electron chi connectivity index (χ4n) is 9.24. The van der Waals surface area contributed by atoms with Gasteiger partial charge < -0.3 is 13.7 Å². The number of rotatable bonds is 5. The third-order valence-electron chi connectivity index (χ3n) is 11.9. The second-order valence-corrected chi connectivity index (χ2v) is 15.0. The Labute approximate surface area is 329 Å². The first-order valence-corrected chi connectivity index (χ1v) is 19.6. The van der Waals surface area contributed by atoms with Crippen molar-refractivity contribution >= 4 is 65.4 Å². The summed E-state index contributed by atoms with van der Waals surface area (Å²) in [5.74, 6) is 0. The predicted octanol–water partition coefficient (Wildman–Crippen LogP) is 14.3. The lowest BCUT2D eigenvalue weighted by Crippen LogP contribution is -1.97. The van der Waals surface area contributed by atoms with Crippen molar-refractivity contribution in [3.05, 3.63) is 212 Å². The van der Waals surface area contributed by atoms with E-state index in [0.29, 0.717) is 0 Å². The molecule has 0 aliphatic rings. The minimum absolute atomic E-state index is 1.13.